The van der Waals surface area contributed by atoms with E-state index in [1.807, 2.05) is 25.3 Å². The summed E-state index contributed by atoms with van der Waals surface area (Å²) in [6, 6.07) is -0.0233. The molecular formula is C17H16F3N5OS. The summed E-state index contributed by atoms with van der Waals surface area (Å²) >= 11 is 1.29. The van der Waals surface area contributed by atoms with Crippen molar-refractivity contribution in [2.75, 3.05) is 0 Å². The number of hydrogen-bond acceptors (Lipinski definition) is 5. The molecule has 10 heteroatoms. The second-order valence-electron chi connectivity index (χ2n) is 6.71. The number of halogens is 3. The Morgan fingerprint density at radius 3 is 2.70 bits per heavy atom. The molecule has 3 aromatic heterocycles. The number of nitrogens with zero attached hydrogens (tertiary/aromatic N) is 4. The molecule has 1 saturated carbocycles. The van der Waals surface area contributed by atoms with Gasteiger partial charge in [0.1, 0.15) is 12.4 Å². The highest BCUT2D eigenvalue weighted by molar-refractivity contribution is 7.04. The molecule has 1 amide bonds. The maximum absolute atomic E-state index is 13.2. The first-order chi connectivity index (χ1) is 12.8. The molecule has 142 valence electrons. The molecule has 1 aliphatic rings. The van der Waals surface area contributed by atoms with Crippen molar-refractivity contribution in [3.8, 4) is 11.3 Å². The van der Waals surface area contributed by atoms with Gasteiger partial charge < -0.3 is 5.32 Å². The Balaban J connectivity index is 1.72. The molecule has 1 aliphatic carbocycles. The van der Waals surface area contributed by atoms with E-state index in [9.17, 15) is 18.0 Å². The lowest BCUT2D eigenvalue weighted by molar-refractivity contribution is -0.158. The van der Waals surface area contributed by atoms with Crippen LogP contribution in [0.4, 0.5) is 13.2 Å². The van der Waals surface area contributed by atoms with E-state index in [0.29, 0.717) is 18.5 Å². The van der Waals surface area contributed by atoms with Gasteiger partial charge >= 0.3 is 6.18 Å². The fourth-order valence-electron chi connectivity index (χ4n) is 3.06. The molecule has 1 fully saturated rings. The standard InChI is InChI=1S/C17H16F3N5OS/c1-8-5-12(11-6-27-24-9(11)2)22-15-13(21-7-25(8)15)16(26)23-14(10-3-4-10)17(18,19)20/h5-7,10,14H,3-4H2,1-2H3,(H,23,26)/t14-/m1/s1. The van der Waals surface area contributed by atoms with Gasteiger partial charge in [-0.2, -0.15) is 17.5 Å². The zero-order chi connectivity index (χ0) is 19.3. The number of alkyl halides is 3. The molecular weight excluding hydrogens is 379 g/mol. The van der Waals surface area contributed by atoms with Crippen LogP contribution in [0.1, 0.15) is 34.7 Å². The van der Waals surface area contributed by atoms with E-state index in [2.05, 4.69) is 19.7 Å². The highest BCUT2D eigenvalue weighted by atomic mass is 32.1. The second kappa shape index (κ2) is 6.29. The maximum Gasteiger partial charge on any atom is 0.408 e. The van der Waals surface area contributed by atoms with E-state index < -0.39 is 24.0 Å². The van der Waals surface area contributed by atoms with Gasteiger partial charge in [0.15, 0.2) is 11.3 Å². The Labute approximate surface area is 156 Å². The van der Waals surface area contributed by atoms with Crippen LogP contribution in [0.3, 0.4) is 0 Å². The van der Waals surface area contributed by atoms with Gasteiger partial charge in [0, 0.05) is 16.6 Å². The fourth-order valence-corrected chi connectivity index (χ4v) is 3.77. The first-order valence-electron chi connectivity index (χ1n) is 8.39. The van der Waals surface area contributed by atoms with Crippen LogP contribution in [0.25, 0.3) is 16.9 Å². The second-order valence-corrected chi connectivity index (χ2v) is 7.34. The van der Waals surface area contributed by atoms with Crippen molar-refractivity contribution in [1.82, 2.24) is 24.1 Å². The van der Waals surface area contributed by atoms with Crippen LogP contribution >= 0.6 is 11.5 Å². The maximum atomic E-state index is 13.2. The van der Waals surface area contributed by atoms with E-state index in [4.69, 9.17) is 0 Å². The molecule has 1 atom stereocenters. The Bertz CT molecular complexity index is 1020. The van der Waals surface area contributed by atoms with Gasteiger partial charge in [-0.05, 0) is 50.2 Å². The molecule has 3 aromatic rings. The Morgan fingerprint density at radius 2 is 2.11 bits per heavy atom. The van der Waals surface area contributed by atoms with Gasteiger partial charge in [0.2, 0.25) is 0 Å². The van der Waals surface area contributed by atoms with Crippen LogP contribution in [0.15, 0.2) is 17.8 Å². The minimum Gasteiger partial charge on any atom is -0.339 e. The molecule has 6 nitrogen and oxygen atoms in total. The highest BCUT2D eigenvalue weighted by Crippen LogP contribution is 2.40. The summed E-state index contributed by atoms with van der Waals surface area (Å²) in [5.41, 5.74) is 3.11. The number of rotatable bonds is 4. The average molecular weight is 395 g/mol. The van der Waals surface area contributed by atoms with Gasteiger partial charge in [0.25, 0.3) is 5.91 Å². The van der Waals surface area contributed by atoms with Crippen LogP contribution in [0.2, 0.25) is 0 Å². The minimum atomic E-state index is -4.49. The zero-order valence-electron chi connectivity index (χ0n) is 14.5. The number of fused-ring (bicyclic) bond motifs is 1. The topological polar surface area (TPSA) is 72.2 Å². The molecule has 27 heavy (non-hydrogen) atoms. The van der Waals surface area contributed by atoms with E-state index in [0.717, 1.165) is 17.0 Å². The number of hydrogen-bond donors (Lipinski definition) is 1. The molecule has 0 radical (unpaired) electrons. The first-order valence-corrected chi connectivity index (χ1v) is 9.23. The van der Waals surface area contributed by atoms with Crippen molar-refractivity contribution < 1.29 is 18.0 Å². The Kier molecular flexibility index (Phi) is 4.17. The van der Waals surface area contributed by atoms with E-state index in [1.165, 1.54) is 17.9 Å². The van der Waals surface area contributed by atoms with Gasteiger partial charge in [-0.25, -0.2) is 9.97 Å². The fraction of sp³-hybridized carbons (Fsp3) is 0.412. The molecule has 0 aliphatic heterocycles. The molecule has 0 aromatic carbocycles. The number of nitrogens with one attached hydrogen (secondary N) is 1. The van der Waals surface area contributed by atoms with Gasteiger partial charge in [0.05, 0.1) is 11.4 Å². The van der Waals surface area contributed by atoms with Crippen LogP contribution in [-0.4, -0.2) is 36.9 Å². The summed E-state index contributed by atoms with van der Waals surface area (Å²) in [6.45, 7) is 3.67. The van der Waals surface area contributed by atoms with E-state index >= 15 is 0 Å². The van der Waals surface area contributed by atoms with Crippen molar-refractivity contribution in [3.05, 3.63) is 34.9 Å². The predicted molar refractivity (Wildman–Crippen MR) is 93.6 cm³/mol. The lowest BCUT2D eigenvalue weighted by atomic mass is 10.1. The predicted octanol–water partition coefficient (Wildman–Crippen LogP) is 3.54. The van der Waals surface area contributed by atoms with Crippen LogP contribution in [-0.2, 0) is 0 Å². The number of aryl methyl sites for hydroxylation is 2. The van der Waals surface area contributed by atoms with Crippen molar-refractivity contribution in [3.63, 3.8) is 0 Å². The Hall–Kier alpha value is -2.49. The quantitative estimate of drug-likeness (QED) is 0.734. The van der Waals surface area contributed by atoms with Crippen LogP contribution in [0.5, 0.6) is 0 Å². The van der Waals surface area contributed by atoms with Crippen molar-refractivity contribution in [2.45, 2.75) is 38.9 Å². The monoisotopic (exact) mass is 395 g/mol. The number of imidazole rings is 1. The largest absolute Gasteiger partial charge is 0.408 e. The summed E-state index contributed by atoms with van der Waals surface area (Å²) in [5, 5.41) is 3.95. The molecule has 0 saturated heterocycles. The van der Waals surface area contributed by atoms with E-state index in [-0.39, 0.29) is 11.3 Å². The molecule has 0 spiro atoms. The van der Waals surface area contributed by atoms with Crippen molar-refractivity contribution >= 4 is 23.1 Å². The zero-order valence-corrected chi connectivity index (χ0v) is 15.4. The van der Waals surface area contributed by atoms with Crippen LogP contribution < -0.4 is 5.32 Å². The minimum absolute atomic E-state index is 0.115. The lowest BCUT2D eigenvalue weighted by Gasteiger charge is -2.20. The van der Waals surface area contributed by atoms with Crippen LogP contribution in [0, 0.1) is 19.8 Å². The summed E-state index contributed by atoms with van der Waals surface area (Å²) < 4.78 is 45.5. The normalized spacial score (nSPS) is 15.9. The molecule has 4 rings (SSSR count). The van der Waals surface area contributed by atoms with Crippen molar-refractivity contribution in [2.24, 2.45) is 5.92 Å². The van der Waals surface area contributed by atoms with Gasteiger partial charge in [-0.15, -0.1) is 0 Å². The number of carbonyl (C=O) groups is 1. The molecule has 0 unspecified atom stereocenters. The van der Waals surface area contributed by atoms with E-state index in [1.54, 1.807) is 4.40 Å². The lowest BCUT2D eigenvalue weighted by Crippen LogP contribution is -2.47. The third-order valence-corrected chi connectivity index (χ3v) is 5.39. The number of aromatic nitrogens is 4. The number of carbonyl (C=O) groups excluding carboxylic acids is 1. The third kappa shape index (κ3) is 3.29. The number of amides is 1. The van der Waals surface area contributed by atoms with Crippen molar-refractivity contribution in [1.29, 1.82) is 0 Å². The van der Waals surface area contributed by atoms with Gasteiger partial charge in [-0.1, -0.05) is 0 Å². The summed E-state index contributed by atoms with van der Waals surface area (Å²) in [7, 11) is 0. The highest BCUT2D eigenvalue weighted by Gasteiger charge is 2.50. The first kappa shape index (κ1) is 17.9. The summed E-state index contributed by atoms with van der Waals surface area (Å²) in [6.07, 6.45) is -2.17. The molecule has 1 N–H and O–H groups in total. The third-order valence-electron chi connectivity index (χ3n) is 4.67. The summed E-state index contributed by atoms with van der Waals surface area (Å²) in [5.74, 6) is -1.43. The SMILES string of the molecule is Cc1nscc1-c1cc(C)n2cnc(C(=O)N[C@H](C3CC3)C(F)(F)F)c2n1. The molecule has 3 heterocycles. The smallest absolute Gasteiger partial charge is 0.339 e. The summed E-state index contributed by atoms with van der Waals surface area (Å²) in [4.78, 5) is 21.0. The Morgan fingerprint density at radius 1 is 1.37 bits per heavy atom. The van der Waals surface area contributed by atoms with Gasteiger partial charge in [-0.3, -0.25) is 9.20 Å². The average Bonchev–Trinajstić information content (AvgIpc) is 3.17. The molecule has 0 bridgehead atoms.